The standard InChI is InChI=1S/C24H28N2O2/c1-15-12-16(2)22(17(3)13-15)23(27)25-20-9-8-18-10-11-26(21(18)14-20)24(28)19-6-4-5-7-19/h8-9,12-14,19H,4-7,10-11H2,1-3H3,(H,25,27). The van der Waals surface area contributed by atoms with Crippen molar-refractivity contribution < 1.29 is 9.59 Å². The zero-order valence-electron chi connectivity index (χ0n) is 17.0. The summed E-state index contributed by atoms with van der Waals surface area (Å²) in [5.41, 5.74) is 6.74. The third-order valence-electron chi connectivity index (χ3n) is 6.11. The van der Waals surface area contributed by atoms with Gasteiger partial charge in [0.15, 0.2) is 0 Å². The highest BCUT2D eigenvalue weighted by molar-refractivity contribution is 6.07. The summed E-state index contributed by atoms with van der Waals surface area (Å²) in [6.45, 7) is 6.73. The van der Waals surface area contributed by atoms with Crippen molar-refractivity contribution in [3.05, 3.63) is 58.1 Å². The zero-order chi connectivity index (χ0) is 19.8. The molecule has 0 aromatic heterocycles. The molecule has 146 valence electrons. The van der Waals surface area contributed by atoms with E-state index in [2.05, 4.69) is 5.32 Å². The predicted octanol–water partition coefficient (Wildman–Crippen LogP) is 4.94. The van der Waals surface area contributed by atoms with E-state index >= 15 is 0 Å². The highest BCUT2D eigenvalue weighted by atomic mass is 16.2. The Kier molecular flexibility index (Phi) is 4.96. The largest absolute Gasteiger partial charge is 0.322 e. The first kappa shape index (κ1) is 18.7. The second kappa shape index (κ2) is 7.42. The first-order valence-corrected chi connectivity index (χ1v) is 10.3. The third-order valence-corrected chi connectivity index (χ3v) is 6.11. The molecule has 4 rings (SSSR count). The topological polar surface area (TPSA) is 49.4 Å². The molecule has 0 radical (unpaired) electrons. The van der Waals surface area contributed by atoms with Gasteiger partial charge in [-0.2, -0.15) is 0 Å². The molecule has 0 bridgehead atoms. The number of carbonyl (C=O) groups is 2. The number of carbonyl (C=O) groups excluding carboxylic acids is 2. The normalized spacial score (nSPS) is 16.3. The lowest BCUT2D eigenvalue weighted by molar-refractivity contribution is -0.122. The SMILES string of the molecule is Cc1cc(C)c(C(=O)Nc2ccc3c(c2)N(C(=O)C2CCCC2)CC3)c(C)c1. The second-order valence-electron chi connectivity index (χ2n) is 8.29. The average Bonchev–Trinajstić information content (AvgIpc) is 3.30. The van der Waals surface area contributed by atoms with E-state index in [9.17, 15) is 9.59 Å². The first-order valence-electron chi connectivity index (χ1n) is 10.3. The van der Waals surface area contributed by atoms with Crippen LogP contribution in [0.1, 0.15) is 58.3 Å². The third kappa shape index (κ3) is 3.44. The maximum Gasteiger partial charge on any atom is 0.256 e. The van der Waals surface area contributed by atoms with Gasteiger partial charge in [-0.15, -0.1) is 0 Å². The van der Waals surface area contributed by atoms with Crippen LogP contribution in [0.4, 0.5) is 11.4 Å². The molecule has 2 aromatic rings. The quantitative estimate of drug-likeness (QED) is 0.824. The summed E-state index contributed by atoms with van der Waals surface area (Å²) < 4.78 is 0. The van der Waals surface area contributed by atoms with E-state index in [-0.39, 0.29) is 17.7 Å². The van der Waals surface area contributed by atoms with E-state index < -0.39 is 0 Å². The van der Waals surface area contributed by atoms with Gasteiger partial charge in [-0.25, -0.2) is 0 Å². The Morgan fingerprint density at radius 2 is 1.68 bits per heavy atom. The maximum atomic E-state index is 12.9. The summed E-state index contributed by atoms with van der Waals surface area (Å²) in [4.78, 5) is 27.8. The molecule has 0 atom stereocenters. The van der Waals surface area contributed by atoms with Crippen LogP contribution < -0.4 is 10.2 Å². The number of fused-ring (bicyclic) bond motifs is 1. The Morgan fingerprint density at radius 1 is 1.00 bits per heavy atom. The molecule has 1 heterocycles. The molecule has 0 unspecified atom stereocenters. The van der Waals surface area contributed by atoms with Crippen LogP contribution in [0, 0.1) is 26.7 Å². The van der Waals surface area contributed by atoms with Gasteiger partial charge < -0.3 is 10.2 Å². The molecular formula is C24H28N2O2. The van der Waals surface area contributed by atoms with E-state index in [1.54, 1.807) is 0 Å². The van der Waals surface area contributed by atoms with Crippen LogP contribution in [0.15, 0.2) is 30.3 Å². The van der Waals surface area contributed by atoms with Crippen molar-refractivity contribution in [3.63, 3.8) is 0 Å². The molecule has 2 aliphatic rings. The van der Waals surface area contributed by atoms with Gasteiger partial charge in [-0.1, -0.05) is 36.6 Å². The minimum absolute atomic E-state index is 0.0957. The molecule has 28 heavy (non-hydrogen) atoms. The highest BCUT2D eigenvalue weighted by Gasteiger charge is 2.32. The Labute approximate surface area is 166 Å². The summed E-state index contributed by atoms with van der Waals surface area (Å²) in [7, 11) is 0. The molecule has 1 fully saturated rings. The first-order chi connectivity index (χ1) is 13.4. The summed E-state index contributed by atoms with van der Waals surface area (Å²) in [5, 5.41) is 3.04. The van der Waals surface area contributed by atoms with Crippen molar-refractivity contribution in [2.24, 2.45) is 5.92 Å². The van der Waals surface area contributed by atoms with Gasteiger partial charge in [0.05, 0.1) is 0 Å². The fourth-order valence-electron chi connectivity index (χ4n) is 4.81. The maximum absolute atomic E-state index is 12.9. The van der Waals surface area contributed by atoms with Crippen molar-refractivity contribution in [1.29, 1.82) is 0 Å². The minimum Gasteiger partial charge on any atom is -0.322 e. The molecule has 4 heteroatoms. The predicted molar refractivity (Wildman–Crippen MR) is 113 cm³/mol. The lowest BCUT2D eigenvalue weighted by Gasteiger charge is -2.22. The van der Waals surface area contributed by atoms with Crippen LogP contribution in [-0.4, -0.2) is 18.4 Å². The second-order valence-corrected chi connectivity index (χ2v) is 8.29. The molecule has 0 spiro atoms. The van der Waals surface area contributed by atoms with Crippen LogP contribution in [0.2, 0.25) is 0 Å². The molecule has 1 saturated carbocycles. The fraction of sp³-hybridized carbons (Fsp3) is 0.417. The highest BCUT2D eigenvalue weighted by Crippen LogP contribution is 2.35. The van der Waals surface area contributed by atoms with Crippen LogP contribution in [0.25, 0.3) is 0 Å². The Balaban J connectivity index is 1.57. The van der Waals surface area contributed by atoms with E-state index in [0.717, 1.165) is 72.3 Å². The Hall–Kier alpha value is -2.62. The number of amides is 2. The number of rotatable bonds is 3. The Morgan fingerprint density at radius 3 is 2.36 bits per heavy atom. The van der Waals surface area contributed by atoms with Gasteiger partial charge in [0, 0.05) is 29.4 Å². The minimum atomic E-state index is -0.0957. The van der Waals surface area contributed by atoms with Crippen molar-refractivity contribution >= 4 is 23.2 Å². The van der Waals surface area contributed by atoms with Gasteiger partial charge >= 0.3 is 0 Å². The van der Waals surface area contributed by atoms with Gasteiger partial charge in [-0.05, 0) is 68.9 Å². The summed E-state index contributed by atoms with van der Waals surface area (Å²) >= 11 is 0. The van der Waals surface area contributed by atoms with Crippen LogP contribution in [0.3, 0.4) is 0 Å². The van der Waals surface area contributed by atoms with E-state index in [1.165, 1.54) is 5.56 Å². The number of hydrogen-bond acceptors (Lipinski definition) is 2. The van der Waals surface area contributed by atoms with Crippen molar-refractivity contribution in [3.8, 4) is 0 Å². The molecule has 1 N–H and O–H groups in total. The van der Waals surface area contributed by atoms with Gasteiger partial charge in [0.1, 0.15) is 0 Å². The zero-order valence-corrected chi connectivity index (χ0v) is 17.0. The fourth-order valence-corrected chi connectivity index (χ4v) is 4.81. The van der Waals surface area contributed by atoms with E-state index in [1.807, 2.05) is 56.0 Å². The van der Waals surface area contributed by atoms with Crippen molar-refractivity contribution in [1.82, 2.24) is 0 Å². The molecule has 2 aromatic carbocycles. The number of anilines is 2. The van der Waals surface area contributed by atoms with Crippen LogP contribution >= 0.6 is 0 Å². The lowest BCUT2D eigenvalue weighted by atomic mass is 9.99. The van der Waals surface area contributed by atoms with Crippen LogP contribution in [-0.2, 0) is 11.2 Å². The van der Waals surface area contributed by atoms with Gasteiger partial charge in [0.25, 0.3) is 5.91 Å². The number of hydrogen-bond donors (Lipinski definition) is 1. The smallest absolute Gasteiger partial charge is 0.256 e. The summed E-state index contributed by atoms with van der Waals surface area (Å²) in [6, 6.07) is 10.0. The average molecular weight is 377 g/mol. The number of aryl methyl sites for hydroxylation is 3. The molecule has 4 nitrogen and oxygen atoms in total. The van der Waals surface area contributed by atoms with Crippen molar-refractivity contribution in [2.45, 2.75) is 52.9 Å². The molecule has 2 amide bonds. The van der Waals surface area contributed by atoms with Crippen LogP contribution in [0.5, 0.6) is 0 Å². The summed E-state index contributed by atoms with van der Waals surface area (Å²) in [6.07, 6.45) is 5.21. The molecule has 1 aliphatic carbocycles. The summed E-state index contributed by atoms with van der Waals surface area (Å²) in [5.74, 6) is 0.327. The number of benzene rings is 2. The number of nitrogens with zero attached hydrogens (tertiary/aromatic N) is 1. The van der Waals surface area contributed by atoms with E-state index in [0.29, 0.717) is 0 Å². The van der Waals surface area contributed by atoms with Gasteiger partial charge in [-0.3, -0.25) is 9.59 Å². The lowest BCUT2D eigenvalue weighted by Crippen LogP contribution is -2.33. The molecule has 1 aliphatic heterocycles. The Bertz CT molecular complexity index is 919. The van der Waals surface area contributed by atoms with Crippen molar-refractivity contribution in [2.75, 3.05) is 16.8 Å². The van der Waals surface area contributed by atoms with E-state index in [4.69, 9.17) is 0 Å². The molecule has 0 saturated heterocycles. The molecular weight excluding hydrogens is 348 g/mol. The number of nitrogens with one attached hydrogen (secondary N) is 1. The monoisotopic (exact) mass is 376 g/mol. The van der Waals surface area contributed by atoms with Gasteiger partial charge in [0.2, 0.25) is 5.91 Å².